The maximum Gasteiger partial charge on any atom is 0.276 e. The lowest BCUT2D eigenvalue weighted by atomic mass is 10.3. The second kappa shape index (κ2) is 7.30. The zero-order chi connectivity index (χ0) is 13.0. The van der Waals surface area contributed by atoms with Crippen LogP contribution in [0, 0.1) is 0 Å². The number of oxime groups is 1. The molecule has 1 rings (SSSR count). The SMILES string of the molecule is C=Nc1sc(N(C)C)nc1/C(=N/OC)C(=O)Cl.Cl. The van der Waals surface area contributed by atoms with Gasteiger partial charge in [-0.3, -0.25) is 9.79 Å². The van der Waals surface area contributed by atoms with Crippen molar-refractivity contribution in [3.63, 3.8) is 0 Å². The van der Waals surface area contributed by atoms with Crippen LogP contribution in [0.15, 0.2) is 10.1 Å². The van der Waals surface area contributed by atoms with Crippen LogP contribution in [-0.4, -0.2) is 43.9 Å². The Bertz CT molecular complexity index is 473. The number of carbonyl (C=O) groups is 1. The molecule has 0 aliphatic carbocycles. The van der Waals surface area contributed by atoms with Gasteiger partial charge >= 0.3 is 0 Å². The number of nitrogens with zero attached hydrogens (tertiary/aromatic N) is 4. The van der Waals surface area contributed by atoms with Gasteiger partial charge in [-0.15, -0.1) is 12.4 Å². The third-order valence-electron chi connectivity index (χ3n) is 1.72. The van der Waals surface area contributed by atoms with Gasteiger partial charge in [-0.2, -0.15) is 0 Å². The van der Waals surface area contributed by atoms with Crippen molar-refractivity contribution >= 4 is 63.1 Å². The van der Waals surface area contributed by atoms with Crippen LogP contribution in [0.3, 0.4) is 0 Å². The van der Waals surface area contributed by atoms with Crippen molar-refractivity contribution in [2.45, 2.75) is 0 Å². The Labute approximate surface area is 120 Å². The minimum absolute atomic E-state index is 0. The van der Waals surface area contributed by atoms with E-state index in [1.165, 1.54) is 18.4 Å². The molecular formula is C9H12Cl2N4O2S. The van der Waals surface area contributed by atoms with Gasteiger partial charge in [-0.25, -0.2) is 4.98 Å². The van der Waals surface area contributed by atoms with Crippen molar-refractivity contribution in [3.8, 4) is 0 Å². The van der Waals surface area contributed by atoms with E-state index in [4.69, 9.17) is 11.6 Å². The largest absolute Gasteiger partial charge is 0.398 e. The highest BCUT2D eigenvalue weighted by atomic mass is 35.5. The number of carbonyl (C=O) groups excluding carboxylic acids is 1. The summed E-state index contributed by atoms with van der Waals surface area (Å²) < 4.78 is 0. The smallest absolute Gasteiger partial charge is 0.276 e. The number of halogens is 2. The first kappa shape index (κ1) is 16.8. The maximum atomic E-state index is 11.2. The van der Waals surface area contributed by atoms with Gasteiger partial charge in [0.15, 0.2) is 10.8 Å². The molecule has 0 aliphatic rings. The standard InChI is InChI=1S/C9H11ClN4O2S.ClH/c1-11-8-6(5(7(10)15)13-16-4)12-9(17-8)14(2)3;/h1H2,2-4H3;1H/b13-5-;. The summed E-state index contributed by atoms with van der Waals surface area (Å²) in [6.45, 7) is 3.42. The molecule has 0 saturated carbocycles. The molecule has 1 heterocycles. The van der Waals surface area contributed by atoms with Crippen LogP contribution in [0.4, 0.5) is 10.1 Å². The van der Waals surface area contributed by atoms with Crippen molar-refractivity contribution in [1.82, 2.24) is 4.98 Å². The molecule has 0 saturated heterocycles. The Morgan fingerprint density at radius 1 is 1.56 bits per heavy atom. The Morgan fingerprint density at radius 3 is 2.56 bits per heavy atom. The number of rotatable bonds is 5. The molecule has 0 fully saturated rings. The van der Waals surface area contributed by atoms with Crippen LogP contribution in [0.5, 0.6) is 0 Å². The van der Waals surface area contributed by atoms with Crippen LogP contribution >= 0.6 is 35.3 Å². The Balaban J connectivity index is 0.00000289. The van der Waals surface area contributed by atoms with E-state index in [1.807, 2.05) is 14.1 Å². The molecule has 1 aromatic heterocycles. The Kier molecular flexibility index (Phi) is 6.82. The Hall–Kier alpha value is -1.18. The molecule has 0 bridgehead atoms. The van der Waals surface area contributed by atoms with E-state index in [-0.39, 0.29) is 23.8 Å². The number of hydrogen-bond acceptors (Lipinski definition) is 7. The number of thiazole rings is 1. The Morgan fingerprint density at radius 2 is 2.17 bits per heavy atom. The highest BCUT2D eigenvalue weighted by Gasteiger charge is 2.22. The lowest BCUT2D eigenvalue weighted by Gasteiger charge is -2.05. The van der Waals surface area contributed by atoms with Gasteiger partial charge in [0.05, 0.1) is 0 Å². The van der Waals surface area contributed by atoms with Crippen LogP contribution < -0.4 is 4.90 Å². The second-order valence-electron chi connectivity index (χ2n) is 3.10. The summed E-state index contributed by atoms with van der Waals surface area (Å²) in [5.74, 6) is 0. The highest BCUT2D eigenvalue weighted by Crippen LogP contribution is 2.33. The van der Waals surface area contributed by atoms with Gasteiger partial charge in [0.1, 0.15) is 17.8 Å². The zero-order valence-corrected chi connectivity index (χ0v) is 12.4. The second-order valence-corrected chi connectivity index (χ2v) is 4.40. The molecule has 18 heavy (non-hydrogen) atoms. The van der Waals surface area contributed by atoms with Crippen LogP contribution in [0.1, 0.15) is 5.69 Å². The van der Waals surface area contributed by atoms with Crippen molar-refractivity contribution in [2.75, 3.05) is 26.1 Å². The summed E-state index contributed by atoms with van der Waals surface area (Å²) in [6.07, 6.45) is 0. The van der Waals surface area contributed by atoms with E-state index < -0.39 is 5.24 Å². The molecule has 0 spiro atoms. The normalized spacial score (nSPS) is 10.6. The molecule has 0 aliphatic heterocycles. The maximum absolute atomic E-state index is 11.2. The lowest BCUT2D eigenvalue weighted by Crippen LogP contribution is -2.13. The molecule has 1 aromatic rings. The van der Waals surface area contributed by atoms with Crippen molar-refractivity contribution in [1.29, 1.82) is 0 Å². The van der Waals surface area contributed by atoms with Gasteiger partial charge in [0, 0.05) is 14.1 Å². The minimum Gasteiger partial charge on any atom is -0.398 e. The molecule has 9 heteroatoms. The number of hydrogen-bond donors (Lipinski definition) is 0. The molecule has 0 radical (unpaired) electrons. The van der Waals surface area contributed by atoms with E-state index in [2.05, 4.69) is 26.7 Å². The van der Waals surface area contributed by atoms with Gasteiger partial charge in [-0.05, 0) is 18.3 Å². The van der Waals surface area contributed by atoms with Crippen LogP contribution in [-0.2, 0) is 9.63 Å². The summed E-state index contributed by atoms with van der Waals surface area (Å²) in [5, 5.41) is 3.93. The molecule has 0 N–H and O–H groups in total. The number of anilines is 1. The van der Waals surface area contributed by atoms with Gasteiger partial charge < -0.3 is 9.74 Å². The molecule has 100 valence electrons. The quantitative estimate of drug-likeness (QED) is 0.474. The molecule has 0 amide bonds. The van der Waals surface area contributed by atoms with E-state index in [1.54, 1.807) is 4.90 Å². The zero-order valence-electron chi connectivity index (χ0n) is 10.0. The molecule has 0 unspecified atom stereocenters. The first-order valence-electron chi connectivity index (χ1n) is 4.47. The summed E-state index contributed by atoms with van der Waals surface area (Å²) in [4.78, 5) is 25.6. The predicted molar refractivity (Wildman–Crippen MR) is 77.3 cm³/mol. The highest BCUT2D eigenvalue weighted by molar-refractivity contribution is 7.19. The van der Waals surface area contributed by atoms with E-state index >= 15 is 0 Å². The third kappa shape index (κ3) is 3.66. The van der Waals surface area contributed by atoms with Crippen LogP contribution in [0.25, 0.3) is 0 Å². The number of aliphatic imine (C=N–C) groups is 1. The first-order valence-corrected chi connectivity index (χ1v) is 5.67. The van der Waals surface area contributed by atoms with Crippen molar-refractivity contribution in [3.05, 3.63) is 5.69 Å². The van der Waals surface area contributed by atoms with E-state index in [9.17, 15) is 4.79 Å². The number of aromatic nitrogens is 1. The van der Waals surface area contributed by atoms with Gasteiger partial charge in [0.25, 0.3) is 5.24 Å². The minimum atomic E-state index is -0.757. The average Bonchev–Trinajstić information content (AvgIpc) is 2.69. The first-order chi connectivity index (χ1) is 8.01. The van der Waals surface area contributed by atoms with E-state index in [0.717, 1.165) is 0 Å². The molecule has 0 atom stereocenters. The molecule has 0 aromatic carbocycles. The molecular weight excluding hydrogens is 299 g/mol. The topological polar surface area (TPSA) is 67.2 Å². The average molecular weight is 311 g/mol. The summed E-state index contributed by atoms with van der Waals surface area (Å²) >= 11 is 6.69. The van der Waals surface area contributed by atoms with Crippen LogP contribution in [0.2, 0.25) is 0 Å². The van der Waals surface area contributed by atoms with Gasteiger partial charge in [0.2, 0.25) is 0 Å². The molecule has 6 nitrogen and oxygen atoms in total. The fraction of sp³-hybridized carbons (Fsp3) is 0.333. The monoisotopic (exact) mass is 310 g/mol. The summed E-state index contributed by atoms with van der Waals surface area (Å²) in [5.41, 5.74) is 0.191. The van der Waals surface area contributed by atoms with E-state index in [0.29, 0.717) is 10.1 Å². The fourth-order valence-corrected chi connectivity index (χ4v) is 1.94. The fourth-order valence-electron chi connectivity index (χ4n) is 1.02. The third-order valence-corrected chi connectivity index (χ3v) is 3.05. The van der Waals surface area contributed by atoms with Gasteiger partial charge in [-0.1, -0.05) is 16.5 Å². The summed E-state index contributed by atoms with van der Waals surface area (Å²) in [6, 6.07) is 0. The lowest BCUT2D eigenvalue weighted by molar-refractivity contribution is -0.106. The summed E-state index contributed by atoms with van der Waals surface area (Å²) in [7, 11) is 4.97. The van der Waals surface area contributed by atoms with Crippen molar-refractivity contribution in [2.24, 2.45) is 10.1 Å². The predicted octanol–water partition coefficient (Wildman–Crippen LogP) is 2.08. The van der Waals surface area contributed by atoms with Crippen molar-refractivity contribution < 1.29 is 9.63 Å².